The summed E-state index contributed by atoms with van der Waals surface area (Å²) in [7, 11) is 1.40. The van der Waals surface area contributed by atoms with Crippen molar-refractivity contribution in [3.05, 3.63) is 58.1 Å². The van der Waals surface area contributed by atoms with Crippen LogP contribution in [0.3, 0.4) is 0 Å². The maximum atomic E-state index is 12.8. The number of halogens is 1. The SMILES string of the molecule is COC(=O)[C@H]1[C@H]2NC(=S)N(c3cccc(C)c3)[C@@]1(C)Oc1ccc(Br)cc12. The number of aryl methyl sites for hydroxylation is 1. The van der Waals surface area contributed by atoms with E-state index in [-0.39, 0.29) is 12.0 Å². The van der Waals surface area contributed by atoms with E-state index >= 15 is 0 Å². The Hall–Kier alpha value is -2.12. The van der Waals surface area contributed by atoms with Crippen LogP contribution in [-0.4, -0.2) is 23.9 Å². The Bertz CT molecular complexity index is 951. The van der Waals surface area contributed by atoms with Gasteiger partial charge in [-0.25, -0.2) is 0 Å². The molecule has 27 heavy (non-hydrogen) atoms. The van der Waals surface area contributed by atoms with E-state index in [1.165, 1.54) is 7.11 Å². The molecule has 0 saturated carbocycles. The van der Waals surface area contributed by atoms with Gasteiger partial charge in [0.1, 0.15) is 11.7 Å². The van der Waals surface area contributed by atoms with Crippen molar-refractivity contribution in [1.29, 1.82) is 0 Å². The first-order valence-electron chi connectivity index (χ1n) is 8.59. The normalized spacial score (nSPS) is 25.9. The van der Waals surface area contributed by atoms with Crippen molar-refractivity contribution in [3.63, 3.8) is 0 Å². The average Bonchev–Trinajstić information content (AvgIpc) is 2.61. The van der Waals surface area contributed by atoms with Gasteiger partial charge in [0, 0.05) is 15.7 Å². The molecule has 2 aliphatic rings. The zero-order valence-electron chi connectivity index (χ0n) is 15.2. The van der Waals surface area contributed by atoms with Gasteiger partial charge in [-0.1, -0.05) is 28.1 Å². The molecule has 2 bridgehead atoms. The molecule has 1 saturated heterocycles. The molecule has 0 aromatic heterocycles. The Kier molecular flexibility index (Phi) is 4.39. The molecule has 1 N–H and O–H groups in total. The molecule has 0 amide bonds. The standard InChI is InChI=1S/C20H19BrN2O3S/c1-11-5-4-6-13(9-11)23-19(27)22-17-14-10-12(21)7-8-15(14)26-20(23,2)16(17)18(24)25-3/h4-10,16-17H,1-3H3,(H,22,27)/t16-,17+,20+/m1/s1. The number of carbonyl (C=O) groups excluding carboxylic acids is 1. The number of hydrogen-bond acceptors (Lipinski definition) is 4. The summed E-state index contributed by atoms with van der Waals surface area (Å²) in [6, 6.07) is 13.4. The van der Waals surface area contributed by atoms with Gasteiger partial charge in [-0.05, 0) is 62.0 Å². The van der Waals surface area contributed by atoms with Crippen molar-refractivity contribution in [1.82, 2.24) is 5.32 Å². The van der Waals surface area contributed by atoms with Crippen LogP contribution in [0, 0.1) is 12.8 Å². The Labute approximate surface area is 171 Å². The molecule has 2 aliphatic heterocycles. The summed E-state index contributed by atoms with van der Waals surface area (Å²) in [6.45, 7) is 3.91. The van der Waals surface area contributed by atoms with E-state index in [0.717, 1.165) is 27.0 Å². The predicted molar refractivity (Wildman–Crippen MR) is 111 cm³/mol. The first kappa shape index (κ1) is 18.3. The minimum atomic E-state index is -1.02. The van der Waals surface area contributed by atoms with Gasteiger partial charge < -0.3 is 14.8 Å². The lowest BCUT2D eigenvalue weighted by Gasteiger charge is -2.55. The van der Waals surface area contributed by atoms with Crippen molar-refractivity contribution < 1.29 is 14.3 Å². The fraction of sp³-hybridized carbons (Fsp3) is 0.300. The number of ether oxygens (including phenoxy) is 2. The lowest BCUT2D eigenvalue weighted by Crippen LogP contribution is -2.71. The number of hydrogen-bond donors (Lipinski definition) is 1. The van der Waals surface area contributed by atoms with Gasteiger partial charge in [-0.3, -0.25) is 9.69 Å². The summed E-state index contributed by atoms with van der Waals surface area (Å²) < 4.78 is 12.5. The molecule has 2 heterocycles. The molecule has 0 radical (unpaired) electrons. The van der Waals surface area contributed by atoms with Crippen molar-refractivity contribution in [2.24, 2.45) is 5.92 Å². The highest BCUT2D eigenvalue weighted by atomic mass is 79.9. The zero-order chi connectivity index (χ0) is 19.3. The Morgan fingerprint density at radius 1 is 1.33 bits per heavy atom. The topological polar surface area (TPSA) is 50.8 Å². The summed E-state index contributed by atoms with van der Waals surface area (Å²) in [5.41, 5.74) is 1.82. The molecule has 0 spiro atoms. The van der Waals surface area contributed by atoms with Crippen LogP contribution < -0.4 is 15.0 Å². The van der Waals surface area contributed by atoms with Gasteiger partial charge in [0.05, 0.1) is 13.2 Å². The quantitative estimate of drug-likeness (QED) is 0.553. The van der Waals surface area contributed by atoms with Crippen molar-refractivity contribution >= 4 is 44.9 Å². The Balaban J connectivity index is 1.92. The number of anilines is 1. The van der Waals surface area contributed by atoms with E-state index in [1.807, 2.05) is 61.2 Å². The van der Waals surface area contributed by atoms with E-state index in [2.05, 4.69) is 21.2 Å². The summed E-state index contributed by atoms with van der Waals surface area (Å²) >= 11 is 9.18. The summed E-state index contributed by atoms with van der Waals surface area (Å²) in [5, 5.41) is 3.86. The average molecular weight is 447 g/mol. The van der Waals surface area contributed by atoms with Crippen LogP contribution in [-0.2, 0) is 9.53 Å². The number of fused-ring (bicyclic) bond motifs is 4. The second kappa shape index (κ2) is 6.49. The largest absolute Gasteiger partial charge is 0.469 e. The fourth-order valence-corrected chi connectivity index (χ4v) is 4.79. The van der Waals surface area contributed by atoms with Gasteiger partial charge >= 0.3 is 5.97 Å². The Morgan fingerprint density at radius 3 is 2.81 bits per heavy atom. The summed E-state index contributed by atoms with van der Waals surface area (Å²) in [4.78, 5) is 14.7. The van der Waals surface area contributed by atoms with Crippen molar-refractivity contribution in [2.45, 2.75) is 25.6 Å². The maximum absolute atomic E-state index is 12.8. The number of thiocarbonyl (C=S) groups is 1. The second-order valence-corrected chi connectivity index (χ2v) is 8.24. The van der Waals surface area contributed by atoms with Crippen LogP contribution in [0.15, 0.2) is 46.9 Å². The van der Waals surface area contributed by atoms with Crippen LogP contribution in [0.5, 0.6) is 5.75 Å². The number of methoxy groups -OCH3 is 1. The molecule has 3 atom stereocenters. The summed E-state index contributed by atoms with van der Waals surface area (Å²) in [5.74, 6) is -0.226. The monoisotopic (exact) mass is 446 g/mol. The number of esters is 1. The van der Waals surface area contributed by atoms with Crippen LogP contribution in [0.2, 0.25) is 0 Å². The van der Waals surface area contributed by atoms with Gasteiger partial charge in [-0.2, -0.15) is 0 Å². The third-order valence-corrected chi connectivity index (χ3v) is 5.97. The van der Waals surface area contributed by atoms with Crippen LogP contribution in [0.4, 0.5) is 5.69 Å². The Morgan fingerprint density at radius 2 is 2.11 bits per heavy atom. The van der Waals surface area contributed by atoms with E-state index in [0.29, 0.717) is 5.11 Å². The third-order valence-electron chi connectivity index (χ3n) is 5.17. The highest BCUT2D eigenvalue weighted by molar-refractivity contribution is 9.10. The second-order valence-electron chi connectivity index (χ2n) is 6.94. The predicted octanol–water partition coefficient (Wildman–Crippen LogP) is 4.09. The van der Waals surface area contributed by atoms with Crippen molar-refractivity contribution in [2.75, 3.05) is 12.0 Å². The number of carbonyl (C=O) groups is 1. The first-order valence-corrected chi connectivity index (χ1v) is 9.79. The van der Waals surface area contributed by atoms with Gasteiger partial charge in [0.2, 0.25) is 5.72 Å². The molecule has 4 rings (SSSR count). The minimum Gasteiger partial charge on any atom is -0.469 e. The molecule has 0 unspecified atom stereocenters. The number of nitrogens with zero attached hydrogens (tertiary/aromatic N) is 1. The van der Waals surface area contributed by atoms with Crippen molar-refractivity contribution in [3.8, 4) is 5.75 Å². The maximum Gasteiger partial charge on any atom is 0.317 e. The minimum absolute atomic E-state index is 0.336. The van der Waals surface area contributed by atoms with E-state index < -0.39 is 11.6 Å². The highest BCUT2D eigenvalue weighted by Crippen LogP contribution is 2.50. The van der Waals surface area contributed by atoms with Gasteiger partial charge in [-0.15, -0.1) is 0 Å². The number of nitrogens with one attached hydrogen (secondary N) is 1. The van der Waals surface area contributed by atoms with Gasteiger partial charge in [0.15, 0.2) is 5.11 Å². The lowest BCUT2D eigenvalue weighted by molar-refractivity contribution is -0.157. The molecule has 140 valence electrons. The fourth-order valence-electron chi connectivity index (χ4n) is 4.00. The van der Waals surface area contributed by atoms with Gasteiger partial charge in [0.25, 0.3) is 0 Å². The number of rotatable bonds is 2. The number of benzene rings is 2. The van der Waals surface area contributed by atoms with Crippen LogP contribution in [0.1, 0.15) is 24.1 Å². The zero-order valence-corrected chi connectivity index (χ0v) is 17.6. The molecule has 2 aromatic carbocycles. The van der Waals surface area contributed by atoms with E-state index in [1.54, 1.807) is 0 Å². The molecule has 1 fully saturated rings. The smallest absolute Gasteiger partial charge is 0.317 e. The van der Waals surface area contributed by atoms with E-state index in [9.17, 15) is 4.79 Å². The molecular formula is C20H19BrN2O3S. The molecule has 0 aliphatic carbocycles. The third kappa shape index (κ3) is 2.80. The molecule has 5 nitrogen and oxygen atoms in total. The highest BCUT2D eigenvalue weighted by Gasteiger charge is 2.59. The molecular weight excluding hydrogens is 428 g/mol. The van der Waals surface area contributed by atoms with E-state index in [4.69, 9.17) is 21.7 Å². The first-order chi connectivity index (χ1) is 12.8. The summed E-state index contributed by atoms with van der Waals surface area (Å²) in [6.07, 6.45) is 0. The van der Waals surface area contributed by atoms with Crippen LogP contribution in [0.25, 0.3) is 0 Å². The lowest BCUT2D eigenvalue weighted by atomic mass is 9.79. The van der Waals surface area contributed by atoms with Crippen LogP contribution >= 0.6 is 28.1 Å². The molecule has 7 heteroatoms. The molecule has 2 aromatic rings.